The van der Waals surface area contributed by atoms with Gasteiger partial charge in [-0.25, -0.2) is 4.79 Å². The fourth-order valence-corrected chi connectivity index (χ4v) is 3.18. The van der Waals surface area contributed by atoms with Crippen LogP contribution in [0.5, 0.6) is 5.75 Å². The van der Waals surface area contributed by atoms with Gasteiger partial charge in [0.25, 0.3) is 0 Å². The molecule has 1 unspecified atom stereocenters. The van der Waals surface area contributed by atoms with Gasteiger partial charge < -0.3 is 15.4 Å². The molecule has 0 spiro atoms. The van der Waals surface area contributed by atoms with Crippen LogP contribution in [-0.4, -0.2) is 31.6 Å². The summed E-state index contributed by atoms with van der Waals surface area (Å²) in [6.45, 7) is 1.69. The quantitative estimate of drug-likeness (QED) is 0.903. The maximum atomic E-state index is 12.5. The van der Waals surface area contributed by atoms with Crippen molar-refractivity contribution in [3.63, 3.8) is 0 Å². The standard InChI is InChI=1S/C19H19N3O3/c23-18(14-11-13-3-1-2-4-17(13)25-12-14)21-15-5-7-16(8-6-15)22-10-9-20-19(22)24/h1-8,14H,9-12H2,(H,20,24)(H,21,23). The van der Waals surface area contributed by atoms with Gasteiger partial charge in [0, 0.05) is 24.5 Å². The normalized spacial score (nSPS) is 19.0. The average molecular weight is 337 g/mol. The summed E-state index contributed by atoms with van der Waals surface area (Å²) in [7, 11) is 0. The molecule has 0 saturated carbocycles. The van der Waals surface area contributed by atoms with Crippen molar-refractivity contribution < 1.29 is 14.3 Å². The minimum absolute atomic E-state index is 0.0545. The highest BCUT2D eigenvalue weighted by atomic mass is 16.5. The number of nitrogens with one attached hydrogen (secondary N) is 2. The van der Waals surface area contributed by atoms with Crippen LogP contribution in [0.3, 0.4) is 0 Å². The van der Waals surface area contributed by atoms with Crippen molar-refractivity contribution in [1.29, 1.82) is 0 Å². The second-order valence-electron chi connectivity index (χ2n) is 6.24. The highest BCUT2D eigenvalue weighted by molar-refractivity contribution is 5.95. The molecule has 0 aliphatic carbocycles. The molecule has 1 fully saturated rings. The van der Waals surface area contributed by atoms with Gasteiger partial charge >= 0.3 is 6.03 Å². The Hall–Kier alpha value is -3.02. The molecule has 2 aromatic rings. The van der Waals surface area contributed by atoms with E-state index in [-0.39, 0.29) is 17.9 Å². The molecule has 0 bridgehead atoms. The first-order chi connectivity index (χ1) is 12.2. The van der Waals surface area contributed by atoms with Crippen LogP contribution in [0.2, 0.25) is 0 Å². The Morgan fingerprint density at radius 2 is 1.96 bits per heavy atom. The number of carbonyl (C=O) groups excluding carboxylic acids is 2. The second-order valence-corrected chi connectivity index (χ2v) is 6.24. The fraction of sp³-hybridized carbons (Fsp3) is 0.263. The van der Waals surface area contributed by atoms with E-state index in [1.54, 1.807) is 4.90 Å². The average Bonchev–Trinajstić information content (AvgIpc) is 3.08. The molecule has 25 heavy (non-hydrogen) atoms. The Balaban J connectivity index is 1.40. The molecular formula is C19H19N3O3. The second kappa shape index (κ2) is 6.47. The number of rotatable bonds is 3. The fourth-order valence-electron chi connectivity index (χ4n) is 3.18. The lowest BCUT2D eigenvalue weighted by Gasteiger charge is -2.24. The van der Waals surface area contributed by atoms with Crippen LogP contribution >= 0.6 is 0 Å². The lowest BCUT2D eigenvalue weighted by Crippen LogP contribution is -2.32. The largest absolute Gasteiger partial charge is 0.492 e. The van der Waals surface area contributed by atoms with Crippen LogP contribution in [0.25, 0.3) is 0 Å². The summed E-state index contributed by atoms with van der Waals surface area (Å²) in [4.78, 5) is 25.9. The number of carbonyl (C=O) groups is 2. The molecule has 128 valence electrons. The number of para-hydroxylation sites is 1. The maximum absolute atomic E-state index is 12.5. The smallest absolute Gasteiger partial charge is 0.321 e. The van der Waals surface area contributed by atoms with Crippen molar-refractivity contribution in [3.8, 4) is 5.75 Å². The number of anilines is 2. The van der Waals surface area contributed by atoms with E-state index in [0.717, 1.165) is 17.0 Å². The minimum Gasteiger partial charge on any atom is -0.492 e. The van der Waals surface area contributed by atoms with Crippen molar-refractivity contribution >= 4 is 23.3 Å². The summed E-state index contributed by atoms with van der Waals surface area (Å²) in [6.07, 6.45) is 0.675. The van der Waals surface area contributed by atoms with E-state index in [0.29, 0.717) is 31.8 Å². The molecule has 1 atom stereocenters. The molecule has 2 N–H and O–H groups in total. The Morgan fingerprint density at radius 1 is 1.16 bits per heavy atom. The summed E-state index contributed by atoms with van der Waals surface area (Å²) in [5.41, 5.74) is 2.60. The highest BCUT2D eigenvalue weighted by Gasteiger charge is 2.26. The van der Waals surface area contributed by atoms with Gasteiger partial charge in [0.1, 0.15) is 12.4 Å². The Kier molecular flexibility index (Phi) is 4.01. The number of urea groups is 1. The first-order valence-electron chi connectivity index (χ1n) is 8.38. The lowest BCUT2D eigenvalue weighted by molar-refractivity contribution is -0.121. The molecule has 4 rings (SSSR count). The van der Waals surface area contributed by atoms with E-state index in [9.17, 15) is 9.59 Å². The van der Waals surface area contributed by atoms with Gasteiger partial charge in [-0.1, -0.05) is 18.2 Å². The number of hydrogen-bond acceptors (Lipinski definition) is 3. The van der Waals surface area contributed by atoms with Gasteiger partial charge in [0.05, 0.1) is 5.92 Å². The Labute approximate surface area is 145 Å². The summed E-state index contributed by atoms with van der Waals surface area (Å²) in [5, 5.41) is 5.70. The lowest BCUT2D eigenvalue weighted by atomic mass is 9.96. The van der Waals surface area contributed by atoms with Crippen LogP contribution in [0.1, 0.15) is 5.56 Å². The van der Waals surface area contributed by atoms with Crippen molar-refractivity contribution in [3.05, 3.63) is 54.1 Å². The first kappa shape index (κ1) is 15.5. The maximum Gasteiger partial charge on any atom is 0.321 e. The molecule has 3 amide bonds. The molecule has 2 heterocycles. The number of ether oxygens (including phenoxy) is 1. The Morgan fingerprint density at radius 3 is 2.72 bits per heavy atom. The van der Waals surface area contributed by atoms with Gasteiger partial charge in [-0.3, -0.25) is 9.69 Å². The van der Waals surface area contributed by atoms with Crippen molar-refractivity contribution in [2.75, 3.05) is 29.9 Å². The first-order valence-corrected chi connectivity index (χ1v) is 8.38. The van der Waals surface area contributed by atoms with Gasteiger partial charge in [-0.2, -0.15) is 0 Å². The van der Waals surface area contributed by atoms with E-state index in [4.69, 9.17) is 4.74 Å². The monoisotopic (exact) mass is 337 g/mol. The van der Waals surface area contributed by atoms with Crippen LogP contribution in [0.4, 0.5) is 16.2 Å². The third-order valence-corrected chi connectivity index (χ3v) is 4.55. The SMILES string of the molecule is O=C(Nc1ccc(N2CCNC2=O)cc1)C1COc2ccccc2C1. The van der Waals surface area contributed by atoms with Crippen molar-refractivity contribution in [1.82, 2.24) is 5.32 Å². The van der Waals surface area contributed by atoms with Crippen molar-refractivity contribution in [2.24, 2.45) is 5.92 Å². The zero-order valence-electron chi connectivity index (χ0n) is 13.7. The van der Waals surface area contributed by atoms with E-state index in [1.807, 2.05) is 48.5 Å². The Bertz CT molecular complexity index is 804. The van der Waals surface area contributed by atoms with Gasteiger partial charge in [-0.15, -0.1) is 0 Å². The molecule has 2 aromatic carbocycles. The number of benzene rings is 2. The summed E-state index contributed by atoms with van der Waals surface area (Å²) in [6, 6.07) is 15.0. The molecule has 1 saturated heterocycles. The van der Waals surface area contributed by atoms with Gasteiger partial charge in [0.15, 0.2) is 0 Å². The summed E-state index contributed by atoms with van der Waals surface area (Å²) in [5.74, 6) is 0.597. The van der Waals surface area contributed by atoms with E-state index in [1.165, 1.54) is 0 Å². The number of hydrogen-bond donors (Lipinski definition) is 2. The van der Waals surface area contributed by atoms with Crippen LogP contribution in [0, 0.1) is 5.92 Å². The van der Waals surface area contributed by atoms with Gasteiger partial charge in [-0.05, 0) is 42.3 Å². The third-order valence-electron chi connectivity index (χ3n) is 4.55. The van der Waals surface area contributed by atoms with Gasteiger partial charge in [0.2, 0.25) is 5.91 Å². The predicted molar refractivity (Wildman–Crippen MR) is 94.9 cm³/mol. The molecule has 0 radical (unpaired) electrons. The molecule has 6 heteroatoms. The highest BCUT2D eigenvalue weighted by Crippen LogP contribution is 2.27. The van der Waals surface area contributed by atoms with E-state index >= 15 is 0 Å². The third kappa shape index (κ3) is 3.15. The molecule has 6 nitrogen and oxygen atoms in total. The zero-order chi connectivity index (χ0) is 17.2. The van der Waals surface area contributed by atoms with E-state index < -0.39 is 0 Å². The number of nitrogens with zero attached hydrogens (tertiary/aromatic N) is 1. The zero-order valence-corrected chi connectivity index (χ0v) is 13.7. The van der Waals surface area contributed by atoms with Crippen LogP contribution < -0.4 is 20.3 Å². The number of fused-ring (bicyclic) bond motifs is 1. The minimum atomic E-state index is -0.209. The predicted octanol–water partition coefficient (Wildman–Crippen LogP) is 2.41. The summed E-state index contributed by atoms with van der Waals surface area (Å²) < 4.78 is 5.68. The molecule has 2 aliphatic rings. The molecule has 0 aromatic heterocycles. The summed E-state index contributed by atoms with van der Waals surface area (Å²) >= 11 is 0. The van der Waals surface area contributed by atoms with Crippen LogP contribution in [-0.2, 0) is 11.2 Å². The van der Waals surface area contributed by atoms with Crippen LogP contribution in [0.15, 0.2) is 48.5 Å². The number of amides is 3. The van der Waals surface area contributed by atoms with E-state index in [2.05, 4.69) is 10.6 Å². The topological polar surface area (TPSA) is 70.7 Å². The molecule has 2 aliphatic heterocycles. The molecular weight excluding hydrogens is 318 g/mol. The van der Waals surface area contributed by atoms with Crippen molar-refractivity contribution in [2.45, 2.75) is 6.42 Å².